The molecule has 6 heterocycles. The molecule has 0 aliphatic heterocycles. The van der Waals surface area contributed by atoms with Crippen LogP contribution in [0.2, 0.25) is 0 Å². The molecule has 0 N–H and O–H groups in total. The van der Waals surface area contributed by atoms with Crippen molar-refractivity contribution >= 4 is 244 Å². The summed E-state index contributed by atoms with van der Waals surface area (Å²) in [6.45, 7) is 0. The summed E-state index contributed by atoms with van der Waals surface area (Å²) in [6.07, 6.45) is 0. The maximum atomic E-state index is 6.21. The second-order valence-corrected chi connectivity index (χ2v) is 39.2. The fourth-order valence-electron chi connectivity index (χ4n) is 21.2. The van der Waals surface area contributed by atoms with E-state index in [-0.39, 0.29) is 0 Å². The molecule has 0 unspecified atom stereocenters. The Labute approximate surface area is 824 Å². The van der Waals surface area contributed by atoms with Gasteiger partial charge in [-0.15, -0.1) is 34.0 Å². The average molecular weight is 1860 g/mol. The zero-order valence-corrected chi connectivity index (χ0v) is 78.7. The topological polar surface area (TPSA) is 49.1 Å². The number of nitrogens with zero attached hydrogens (tertiary/aromatic N) is 3. The number of anilines is 9. The molecule has 0 amide bonds. The number of fused-ring (bicyclic) bond motifs is 21. The van der Waals surface area contributed by atoms with E-state index in [0.717, 1.165) is 117 Å². The van der Waals surface area contributed by atoms with Crippen molar-refractivity contribution in [3.8, 4) is 55.6 Å². The molecule has 0 fully saturated rings. The molecule has 23 aromatic carbocycles. The minimum atomic E-state index is 0.889. The van der Waals surface area contributed by atoms with Crippen LogP contribution >= 0.6 is 34.0 Å². The van der Waals surface area contributed by atoms with E-state index in [9.17, 15) is 0 Å². The fourth-order valence-corrected chi connectivity index (χ4v) is 24.5. The molecule has 29 aromatic rings. The first-order valence-corrected chi connectivity index (χ1v) is 50.1. The molecule has 6 nitrogen and oxygen atoms in total. The van der Waals surface area contributed by atoms with E-state index in [1.807, 2.05) is 70.4 Å². The molecule has 6 aromatic heterocycles. The van der Waals surface area contributed by atoms with Crippen LogP contribution in [0, 0.1) is 0 Å². The van der Waals surface area contributed by atoms with Gasteiger partial charge in [-0.05, 0) is 254 Å². The number of benzene rings is 23. The van der Waals surface area contributed by atoms with Gasteiger partial charge in [0.2, 0.25) is 0 Å². The highest BCUT2D eigenvalue weighted by Gasteiger charge is 2.26. The van der Waals surface area contributed by atoms with Crippen LogP contribution in [0.4, 0.5) is 51.2 Å². The van der Waals surface area contributed by atoms with E-state index >= 15 is 0 Å². The molecular weight excluding hydrogens is 1770 g/mol. The molecule has 0 bridgehead atoms. The molecule has 0 atom stereocenters. The lowest BCUT2D eigenvalue weighted by molar-refractivity contribution is 0.668. The lowest BCUT2D eigenvalue weighted by atomic mass is 9.94. The number of rotatable bonds is 14. The Morgan fingerprint density at radius 2 is 0.404 bits per heavy atom. The van der Waals surface area contributed by atoms with Gasteiger partial charge in [0, 0.05) is 143 Å². The molecule has 662 valence electrons. The second-order valence-electron chi connectivity index (χ2n) is 36.0. The lowest BCUT2D eigenvalue weighted by Gasteiger charge is -2.29. The third kappa shape index (κ3) is 14.8. The normalized spacial score (nSPS) is 11.7. The molecule has 0 saturated carbocycles. The smallest absolute Gasteiger partial charge is 0.135 e. The van der Waals surface area contributed by atoms with E-state index in [2.05, 4.69) is 482 Å². The van der Waals surface area contributed by atoms with Gasteiger partial charge in [-0.3, -0.25) is 0 Å². The minimum Gasteiger partial charge on any atom is -0.456 e. The first-order valence-electron chi connectivity index (χ1n) is 47.7. The summed E-state index contributed by atoms with van der Waals surface area (Å²) in [4.78, 5) is 7.22. The highest BCUT2D eigenvalue weighted by Crippen LogP contribution is 2.52. The minimum absolute atomic E-state index is 0.889. The predicted molar refractivity (Wildman–Crippen MR) is 604 cm³/mol. The number of furan rings is 3. The molecule has 0 saturated heterocycles. The highest BCUT2D eigenvalue weighted by molar-refractivity contribution is 7.26. The third-order valence-electron chi connectivity index (χ3n) is 27.8. The summed E-state index contributed by atoms with van der Waals surface area (Å²) < 4.78 is 26.4. The van der Waals surface area contributed by atoms with Gasteiger partial charge in [0.15, 0.2) is 0 Å². The third-order valence-corrected chi connectivity index (χ3v) is 31.2. The van der Waals surface area contributed by atoms with E-state index in [1.165, 1.54) is 149 Å². The van der Waals surface area contributed by atoms with Crippen LogP contribution < -0.4 is 14.7 Å². The summed E-state index contributed by atoms with van der Waals surface area (Å²) in [5.74, 6) is 0. The zero-order chi connectivity index (χ0) is 93.0. The number of para-hydroxylation sites is 5. The summed E-state index contributed by atoms with van der Waals surface area (Å²) in [6, 6.07) is 181. The Hall–Kier alpha value is -17.7. The summed E-state index contributed by atoms with van der Waals surface area (Å²) in [5, 5.41) is 21.9. The fraction of sp³-hybridized carbons (Fsp3) is 0. The lowest BCUT2D eigenvalue weighted by Crippen LogP contribution is -2.11. The van der Waals surface area contributed by atoms with Gasteiger partial charge < -0.3 is 28.0 Å². The van der Waals surface area contributed by atoms with Crippen molar-refractivity contribution in [2.75, 3.05) is 14.7 Å². The SMILES string of the molecule is c1ccc(-c2cc(-c3ccccc3)cc(N(c3ccc4sc5ccccc5c4c3)c3ccc(-c4ccc5oc6ccccc6c5c4)c4ccccc34)c2)cc1.c1ccc(N(c2ccc3c(c2)sc2ccccc23)c2ccc(-c3ccc4sc5ccccc5c4c3)c3ccccc23)cc1.c1ccc(N(c2ccc3oc4ccccc4c3c2)c2ccc(-c3ccc4oc5ccccc5c4c3)c3ccccc23)cc1. The molecule has 0 aliphatic carbocycles. The maximum absolute atomic E-state index is 6.21. The van der Waals surface area contributed by atoms with Gasteiger partial charge in [0.1, 0.15) is 33.5 Å². The molecule has 29 rings (SSSR count). The molecular formula is C132H83N3O3S3. The Morgan fingerprint density at radius 3 is 0.844 bits per heavy atom. The largest absolute Gasteiger partial charge is 0.456 e. The predicted octanol–water partition coefficient (Wildman–Crippen LogP) is 40.1. The van der Waals surface area contributed by atoms with Gasteiger partial charge in [0.25, 0.3) is 0 Å². The van der Waals surface area contributed by atoms with Crippen molar-refractivity contribution in [1.82, 2.24) is 0 Å². The van der Waals surface area contributed by atoms with Crippen molar-refractivity contribution in [3.63, 3.8) is 0 Å². The zero-order valence-electron chi connectivity index (χ0n) is 76.2. The van der Waals surface area contributed by atoms with Gasteiger partial charge in [-0.1, -0.05) is 322 Å². The Kier molecular flexibility index (Phi) is 20.4. The molecule has 0 aliphatic rings. The van der Waals surface area contributed by atoms with E-state index in [0.29, 0.717) is 0 Å². The number of hydrogen-bond donors (Lipinski definition) is 0. The van der Waals surface area contributed by atoms with E-state index in [1.54, 1.807) is 0 Å². The van der Waals surface area contributed by atoms with Gasteiger partial charge >= 0.3 is 0 Å². The van der Waals surface area contributed by atoms with Crippen molar-refractivity contribution in [2.45, 2.75) is 0 Å². The highest BCUT2D eigenvalue weighted by atomic mass is 32.1. The van der Waals surface area contributed by atoms with E-state index in [4.69, 9.17) is 13.3 Å². The Balaban J connectivity index is 0.000000107. The van der Waals surface area contributed by atoms with Gasteiger partial charge in [0.05, 0.1) is 17.1 Å². The Morgan fingerprint density at radius 1 is 0.128 bits per heavy atom. The van der Waals surface area contributed by atoms with E-state index < -0.39 is 0 Å². The van der Waals surface area contributed by atoms with Crippen LogP contribution in [-0.2, 0) is 0 Å². The summed E-state index contributed by atoms with van der Waals surface area (Å²) >= 11 is 5.58. The van der Waals surface area contributed by atoms with Crippen molar-refractivity contribution in [2.24, 2.45) is 0 Å². The first kappa shape index (κ1) is 82.7. The second kappa shape index (κ2) is 34.8. The summed E-state index contributed by atoms with van der Waals surface area (Å²) in [5.41, 5.74) is 27.5. The number of thiophene rings is 3. The standard InChI is InChI=1S/C52H33NOS.C40H25NO2.C40H25NS2/c1-3-13-34(14-4-1)37-29-38(35-15-5-2-6-16-35)31-40(30-37)53(39-24-28-52-47(33-39)45-20-10-12-22-51(45)55-52)48-26-25-41(42-17-7-8-18-43(42)48)36-23-27-50-46(32-36)44-19-9-11-21-49(44)54-50;1-2-10-27(11-3-1)41(28-19-23-40-35(25-28)33-15-7-9-17-38(33)43-40)36-21-20-29(30-12-4-5-13-31(30)36)26-18-22-39-34(24-26)32-14-6-8-16-37(32)42-39;1-2-10-27(11-3-1)41(28-19-20-34-32-14-6-8-16-37(32)43-40(34)25-28)36-22-21-29(30-12-4-5-13-31(30)36)26-18-23-39-35(24-26)33-15-7-9-17-38(33)42-39/h1-33H;2*1-25H. The Bertz CT molecular complexity index is 9880. The molecule has 0 radical (unpaired) electrons. The van der Waals surface area contributed by atoms with Crippen LogP contribution in [-0.4, -0.2) is 0 Å². The van der Waals surface area contributed by atoms with Crippen molar-refractivity contribution in [1.29, 1.82) is 0 Å². The van der Waals surface area contributed by atoms with Gasteiger partial charge in [-0.25, -0.2) is 0 Å². The quantitative estimate of drug-likeness (QED) is 0.108. The summed E-state index contributed by atoms with van der Waals surface area (Å²) in [7, 11) is 0. The molecule has 141 heavy (non-hydrogen) atoms. The maximum Gasteiger partial charge on any atom is 0.135 e. The number of hydrogen-bond acceptors (Lipinski definition) is 9. The van der Waals surface area contributed by atoms with Crippen LogP contribution in [0.1, 0.15) is 0 Å². The average Bonchev–Trinajstić information content (AvgIpc) is 1.72. The monoisotopic (exact) mass is 1850 g/mol. The first-order chi connectivity index (χ1) is 69.9. The van der Waals surface area contributed by atoms with Gasteiger partial charge in [-0.2, -0.15) is 0 Å². The molecule has 9 heteroatoms. The van der Waals surface area contributed by atoms with Crippen LogP contribution in [0.15, 0.2) is 517 Å². The van der Waals surface area contributed by atoms with Crippen LogP contribution in [0.5, 0.6) is 0 Å². The molecule has 0 spiro atoms. The van der Waals surface area contributed by atoms with Crippen molar-refractivity contribution in [3.05, 3.63) is 504 Å². The van der Waals surface area contributed by atoms with Crippen LogP contribution in [0.3, 0.4) is 0 Å². The van der Waals surface area contributed by atoms with Crippen LogP contribution in [0.25, 0.3) is 214 Å². The van der Waals surface area contributed by atoms with Crippen molar-refractivity contribution < 1.29 is 13.3 Å².